The predicted octanol–water partition coefficient (Wildman–Crippen LogP) is 4.86. The van der Waals surface area contributed by atoms with Crippen LogP contribution in [0.1, 0.15) is 5.56 Å². The fraction of sp³-hybridized carbons (Fsp3) is 0.0526. The lowest BCUT2D eigenvalue weighted by Gasteiger charge is -2.20. The number of fused-ring (bicyclic) bond motifs is 1. The summed E-state index contributed by atoms with van der Waals surface area (Å²) in [6, 6.07) is 12.8. The first-order valence-corrected chi connectivity index (χ1v) is 9.18. The van der Waals surface area contributed by atoms with Crippen LogP contribution in [-0.4, -0.2) is 11.0 Å². The van der Waals surface area contributed by atoms with Crippen molar-refractivity contribution in [2.75, 3.05) is 15.4 Å². The molecular weight excluding hydrogens is 384 g/mol. The second-order valence-corrected chi connectivity index (χ2v) is 6.86. The zero-order valence-corrected chi connectivity index (χ0v) is 15.2. The van der Waals surface area contributed by atoms with Crippen molar-refractivity contribution in [1.82, 2.24) is 10.3 Å². The summed E-state index contributed by atoms with van der Waals surface area (Å²) < 4.78 is 29.3. The molecule has 1 aliphatic heterocycles. The Hall–Kier alpha value is -3.33. The number of hydrogen-bond donors (Lipinski definition) is 4. The van der Waals surface area contributed by atoms with Gasteiger partial charge in [0.2, 0.25) is 0 Å². The lowest BCUT2D eigenvalue weighted by Crippen LogP contribution is -2.34. The van der Waals surface area contributed by atoms with Gasteiger partial charge >= 0.3 is 6.03 Å². The fourth-order valence-corrected chi connectivity index (χ4v) is 3.32. The second kappa shape index (κ2) is 7.73. The van der Waals surface area contributed by atoms with Gasteiger partial charge in [-0.15, -0.1) is 0 Å². The van der Waals surface area contributed by atoms with Gasteiger partial charge in [-0.05, 0) is 60.5 Å². The van der Waals surface area contributed by atoms with Crippen molar-refractivity contribution in [2.45, 2.75) is 11.4 Å². The quantitative estimate of drug-likeness (QED) is 0.461. The number of carbonyl (C=O) groups excluding carboxylic acids is 1. The summed E-state index contributed by atoms with van der Waals surface area (Å²) in [6.07, 6.45) is 1.63. The Morgan fingerprint density at radius 1 is 1.00 bits per heavy atom. The number of urea groups is 1. The minimum atomic E-state index is -0.877. The minimum Gasteiger partial charge on any atom is -0.355 e. The monoisotopic (exact) mass is 399 g/mol. The van der Waals surface area contributed by atoms with Crippen LogP contribution in [0.2, 0.25) is 0 Å². The third-order valence-electron chi connectivity index (χ3n) is 4.06. The average molecular weight is 399 g/mol. The molecule has 2 amide bonds. The van der Waals surface area contributed by atoms with Gasteiger partial charge in [0, 0.05) is 33.7 Å². The first-order valence-electron chi connectivity index (χ1n) is 8.36. The summed E-state index contributed by atoms with van der Waals surface area (Å²) in [5.74, 6) is -1.21. The van der Waals surface area contributed by atoms with Gasteiger partial charge in [-0.2, -0.15) is 0 Å². The molecule has 2 aromatic carbocycles. The molecular formula is C19H15F2N5OS. The van der Waals surface area contributed by atoms with Crippen LogP contribution in [0.3, 0.4) is 0 Å². The van der Waals surface area contributed by atoms with Gasteiger partial charge in [-0.25, -0.2) is 18.6 Å². The lowest BCUT2D eigenvalue weighted by atomic mass is 10.1. The SMILES string of the molecule is O=C1NCc2c(Nc3ccc(NSc4ccc(F)c(F)c4)cc3)ccnc2N1. The van der Waals surface area contributed by atoms with E-state index in [2.05, 4.69) is 25.7 Å². The normalized spacial score (nSPS) is 12.6. The number of amides is 2. The maximum atomic E-state index is 13.3. The molecule has 3 aromatic rings. The number of anilines is 4. The van der Waals surface area contributed by atoms with Crippen molar-refractivity contribution < 1.29 is 13.6 Å². The highest BCUT2D eigenvalue weighted by Gasteiger charge is 2.18. The van der Waals surface area contributed by atoms with Crippen LogP contribution in [0.15, 0.2) is 59.6 Å². The maximum absolute atomic E-state index is 13.3. The number of aromatic nitrogens is 1. The van der Waals surface area contributed by atoms with Crippen LogP contribution in [0, 0.1) is 11.6 Å². The first kappa shape index (κ1) is 18.1. The summed E-state index contributed by atoms with van der Waals surface area (Å²) in [4.78, 5) is 16.1. The Morgan fingerprint density at radius 2 is 1.79 bits per heavy atom. The molecule has 0 saturated carbocycles. The molecule has 0 spiro atoms. The molecule has 0 radical (unpaired) electrons. The Balaban J connectivity index is 1.42. The zero-order chi connectivity index (χ0) is 19.5. The Kier molecular flexibility index (Phi) is 4.98. The molecule has 0 saturated heterocycles. The van der Waals surface area contributed by atoms with Crippen molar-refractivity contribution in [1.29, 1.82) is 0 Å². The van der Waals surface area contributed by atoms with Crippen LogP contribution in [0.4, 0.5) is 36.5 Å². The van der Waals surface area contributed by atoms with Gasteiger partial charge in [0.25, 0.3) is 0 Å². The van der Waals surface area contributed by atoms with E-state index < -0.39 is 11.6 Å². The minimum absolute atomic E-state index is 0.272. The summed E-state index contributed by atoms with van der Waals surface area (Å²) in [5, 5.41) is 8.70. The molecule has 1 aliphatic rings. The van der Waals surface area contributed by atoms with E-state index >= 15 is 0 Å². The number of nitrogens with one attached hydrogen (secondary N) is 4. The Labute approximate surface area is 163 Å². The van der Waals surface area contributed by atoms with Crippen molar-refractivity contribution >= 4 is 40.9 Å². The van der Waals surface area contributed by atoms with E-state index in [0.717, 1.165) is 34.8 Å². The molecule has 1 aromatic heterocycles. The standard InChI is InChI=1S/C19H15F2N5OS/c20-15-6-5-13(9-16(15)21)28-26-12-3-1-11(2-4-12)24-17-7-8-22-18-14(17)10-23-19(27)25-18/h1-9,26H,10H2,(H3,22,23,24,25,27). The van der Waals surface area contributed by atoms with Gasteiger partial charge in [0.1, 0.15) is 5.82 Å². The molecule has 9 heteroatoms. The fourth-order valence-electron chi connectivity index (χ4n) is 2.65. The maximum Gasteiger partial charge on any atom is 0.320 e. The summed E-state index contributed by atoms with van der Waals surface area (Å²) in [7, 11) is 0. The molecule has 0 bridgehead atoms. The largest absolute Gasteiger partial charge is 0.355 e. The summed E-state index contributed by atoms with van der Waals surface area (Å²) in [5.41, 5.74) is 3.38. The molecule has 142 valence electrons. The first-order chi connectivity index (χ1) is 13.6. The number of nitrogens with zero attached hydrogens (tertiary/aromatic N) is 1. The van der Waals surface area contributed by atoms with Gasteiger partial charge < -0.3 is 15.4 Å². The van der Waals surface area contributed by atoms with Crippen LogP contribution in [0.5, 0.6) is 0 Å². The highest BCUT2D eigenvalue weighted by Crippen LogP contribution is 2.29. The van der Waals surface area contributed by atoms with E-state index in [0.29, 0.717) is 17.3 Å². The van der Waals surface area contributed by atoms with E-state index in [1.807, 2.05) is 30.3 Å². The van der Waals surface area contributed by atoms with Crippen molar-refractivity contribution in [3.63, 3.8) is 0 Å². The van der Waals surface area contributed by atoms with E-state index in [1.165, 1.54) is 18.0 Å². The third kappa shape index (κ3) is 3.99. The third-order valence-corrected chi connectivity index (χ3v) is 4.88. The van der Waals surface area contributed by atoms with E-state index in [-0.39, 0.29) is 6.03 Å². The number of rotatable bonds is 5. The summed E-state index contributed by atoms with van der Waals surface area (Å²) >= 11 is 1.19. The van der Waals surface area contributed by atoms with Crippen LogP contribution in [0.25, 0.3) is 0 Å². The number of hydrogen-bond acceptors (Lipinski definition) is 5. The van der Waals surface area contributed by atoms with E-state index in [9.17, 15) is 13.6 Å². The molecule has 0 unspecified atom stereocenters. The number of benzene rings is 2. The lowest BCUT2D eigenvalue weighted by molar-refractivity contribution is 0.250. The molecule has 0 atom stereocenters. The van der Waals surface area contributed by atoms with Gasteiger partial charge in [0.15, 0.2) is 11.6 Å². The smallest absolute Gasteiger partial charge is 0.320 e. The molecule has 28 heavy (non-hydrogen) atoms. The molecule has 0 fully saturated rings. The highest BCUT2D eigenvalue weighted by molar-refractivity contribution is 8.00. The summed E-state index contributed by atoms with van der Waals surface area (Å²) in [6.45, 7) is 0.391. The molecule has 0 aliphatic carbocycles. The van der Waals surface area contributed by atoms with Crippen molar-refractivity contribution in [2.24, 2.45) is 0 Å². The predicted molar refractivity (Wildman–Crippen MR) is 106 cm³/mol. The molecule has 4 N–H and O–H groups in total. The van der Waals surface area contributed by atoms with Crippen molar-refractivity contribution in [3.8, 4) is 0 Å². The molecule has 4 rings (SSSR count). The molecule has 2 heterocycles. The van der Waals surface area contributed by atoms with Crippen LogP contribution < -0.4 is 20.7 Å². The van der Waals surface area contributed by atoms with E-state index in [1.54, 1.807) is 6.20 Å². The number of pyridine rings is 1. The van der Waals surface area contributed by atoms with Gasteiger partial charge in [-0.1, -0.05) is 0 Å². The number of halogens is 2. The van der Waals surface area contributed by atoms with Crippen LogP contribution >= 0.6 is 11.9 Å². The van der Waals surface area contributed by atoms with Crippen molar-refractivity contribution in [3.05, 3.63) is 71.9 Å². The number of carbonyl (C=O) groups is 1. The highest BCUT2D eigenvalue weighted by atomic mass is 32.2. The topological polar surface area (TPSA) is 78.1 Å². The molecule has 6 nitrogen and oxygen atoms in total. The average Bonchev–Trinajstić information content (AvgIpc) is 2.70. The Morgan fingerprint density at radius 3 is 2.57 bits per heavy atom. The Bertz CT molecular complexity index is 1030. The van der Waals surface area contributed by atoms with Gasteiger partial charge in [-0.3, -0.25) is 5.32 Å². The van der Waals surface area contributed by atoms with E-state index in [4.69, 9.17) is 0 Å². The second-order valence-electron chi connectivity index (χ2n) is 5.98. The van der Waals surface area contributed by atoms with Gasteiger partial charge in [0.05, 0.1) is 6.54 Å². The zero-order valence-electron chi connectivity index (χ0n) is 14.4. The van der Waals surface area contributed by atoms with Crippen LogP contribution in [-0.2, 0) is 6.54 Å².